The summed E-state index contributed by atoms with van der Waals surface area (Å²) in [6, 6.07) is 5.46. The third-order valence-electron chi connectivity index (χ3n) is 4.77. The van der Waals surface area contributed by atoms with Crippen molar-refractivity contribution in [1.82, 2.24) is 10.2 Å². The van der Waals surface area contributed by atoms with Crippen LogP contribution in [0.5, 0.6) is 0 Å². The number of amides is 1. The topological polar surface area (TPSA) is 32.3 Å². The van der Waals surface area contributed by atoms with Crippen LogP contribution < -0.4 is 5.32 Å². The predicted molar refractivity (Wildman–Crippen MR) is 87.5 cm³/mol. The molecule has 0 aromatic heterocycles. The van der Waals surface area contributed by atoms with Crippen molar-refractivity contribution < 1.29 is 4.79 Å². The van der Waals surface area contributed by atoms with Gasteiger partial charge in [0.1, 0.15) is 0 Å². The van der Waals surface area contributed by atoms with Crippen molar-refractivity contribution in [3.8, 4) is 0 Å². The summed E-state index contributed by atoms with van der Waals surface area (Å²) in [5.41, 5.74) is 5.47. The van der Waals surface area contributed by atoms with Crippen LogP contribution in [-0.2, 0) is 4.79 Å². The number of hydrogen-bond donors (Lipinski definition) is 1. The fraction of sp³-hybridized carbons (Fsp3) is 0.611. The molecule has 1 unspecified atom stereocenters. The van der Waals surface area contributed by atoms with Gasteiger partial charge in [-0.05, 0) is 62.8 Å². The second-order valence-electron chi connectivity index (χ2n) is 6.46. The lowest BCUT2D eigenvalue weighted by Gasteiger charge is -2.34. The Bertz CT molecular complexity index is 516. The van der Waals surface area contributed by atoms with Crippen LogP contribution in [0.1, 0.15) is 55.0 Å². The van der Waals surface area contributed by atoms with Crippen LogP contribution in [0.2, 0.25) is 0 Å². The van der Waals surface area contributed by atoms with Crippen molar-refractivity contribution in [2.24, 2.45) is 0 Å². The summed E-state index contributed by atoms with van der Waals surface area (Å²) < 4.78 is 0. The third-order valence-corrected chi connectivity index (χ3v) is 4.77. The summed E-state index contributed by atoms with van der Waals surface area (Å²) >= 11 is 0. The minimum Gasteiger partial charge on any atom is -0.343 e. The van der Waals surface area contributed by atoms with Gasteiger partial charge in [0, 0.05) is 32.1 Å². The Labute approximate surface area is 128 Å². The smallest absolute Gasteiger partial charge is 0.219 e. The van der Waals surface area contributed by atoms with E-state index in [1.807, 2.05) is 4.90 Å². The SMILES string of the molecule is CC(=O)N1CCC(NC(C)c2cc(C)c(C)cc2C)CC1. The average Bonchev–Trinajstić information content (AvgIpc) is 2.43. The van der Waals surface area contributed by atoms with Gasteiger partial charge in [-0.15, -0.1) is 0 Å². The van der Waals surface area contributed by atoms with Gasteiger partial charge in [0.2, 0.25) is 5.91 Å². The van der Waals surface area contributed by atoms with Crippen molar-refractivity contribution >= 4 is 5.91 Å². The van der Waals surface area contributed by atoms with E-state index in [4.69, 9.17) is 0 Å². The summed E-state index contributed by atoms with van der Waals surface area (Å²) in [5, 5.41) is 3.74. The number of carbonyl (C=O) groups excluding carboxylic acids is 1. The zero-order valence-electron chi connectivity index (χ0n) is 14.0. The Morgan fingerprint density at radius 3 is 2.29 bits per heavy atom. The van der Waals surface area contributed by atoms with Gasteiger partial charge in [-0.25, -0.2) is 0 Å². The van der Waals surface area contributed by atoms with Crippen molar-refractivity contribution in [3.05, 3.63) is 34.4 Å². The van der Waals surface area contributed by atoms with Crippen molar-refractivity contribution in [3.63, 3.8) is 0 Å². The van der Waals surface area contributed by atoms with E-state index >= 15 is 0 Å². The Balaban J connectivity index is 1.98. The van der Waals surface area contributed by atoms with Crippen LogP contribution in [0, 0.1) is 20.8 Å². The largest absolute Gasteiger partial charge is 0.343 e. The molecule has 0 spiro atoms. The number of aryl methyl sites for hydroxylation is 3. The highest BCUT2D eigenvalue weighted by Crippen LogP contribution is 2.23. The molecule has 1 atom stereocenters. The maximum absolute atomic E-state index is 11.4. The van der Waals surface area contributed by atoms with Gasteiger partial charge in [0.15, 0.2) is 0 Å². The van der Waals surface area contributed by atoms with Gasteiger partial charge in [0.05, 0.1) is 0 Å². The molecular weight excluding hydrogens is 260 g/mol. The molecule has 1 amide bonds. The Morgan fingerprint density at radius 2 is 1.71 bits per heavy atom. The van der Waals surface area contributed by atoms with Crippen LogP contribution in [0.3, 0.4) is 0 Å². The van der Waals surface area contributed by atoms with E-state index in [-0.39, 0.29) is 5.91 Å². The van der Waals surface area contributed by atoms with E-state index in [1.165, 1.54) is 22.3 Å². The fourth-order valence-electron chi connectivity index (χ4n) is 3.25. The summed E-state index contributed by atoms with van der Waals surface area (Å²) in [6.45, 7) is 12.2. The van der Waals surface area contributed by atoms with Gasteiger partial charge in [-0.2, -0.15) is 0 Å². The molecule has 21 heavy (non-hydrogen) atoms. The van der Waals surface area contributed by atoms with E-state index in [2.05, 4.69) is 45.1 Å². The first-order valence-corrected chi connectivity index (χ1v) is 7.97. The van der Waals surface area contributed by atoms with E-state index in [0.717, 1.165) is 25.9 Å². The van der Waals surface area contributed by atoms with E-state index in [1.54, 1.807) is 6.92 Å². The van der Waals surface area contributed by atoms with Gasteiger partial charge in [-0.1, -0.05) is 12.1 Å². The lowest BCUT2D eigenvalue weighted by molar-refractivity contribution is -0.129. The van der Waals surface area contributed by atoms with E-state index in [9.17, 15) is 4.79 Å². The first-order valence-electron chi connectivity index (χ1n) is 7.97. The Hall–Kier alpha value is -1.35. The minimum absolute atomic E-state index is 0.200. The molecule has 116 valence electrons. The van der Waals surface area contributed by atoms with Crippen LogP contribution in [0.15, 0.2) is 12.1 Å². The number of nitrogens with one attached hydrogen (secondary N) is 1. The molecule has 1 heterocycles. The third kappa shape index (κ3) is 3.85. The molecule has 0 radical (unpaired) electrons. The first kappa shape index (κ1) is 16.0. The van der Waals surface area contributed by atoms with Crippen LogP contribution >= 0.6 is 0 Å². The van der Waals surface area contributed by atoms with Crippen LogP contribution in [-0.4, -0.2) is 29.9 Å². The standard InChI is InChI=1S/C18H28N2O/c1-12-10-14(3)18(11-13(12)2)15(4)19-17-6-8-20(9-7-17)16(5)21/h10-11,15,17,19H,6-9H2,1-5H3. The average molecular weight is 288 g/mol. The molecule has 0 bridgehead atoms. The number of likely N-dealkylation sites (tertiary alicyclic amines) is 1. The number of benzene rings is 1. The van der Waals surface area contributed by atoms with Crippen molar-refractivity contribution in [1.29, 1.82) is 0 Å². The number of piperidine rings is 1. The molecule has 1 N–H and O–H groups in total. The van der Waals surface area contributed by atoms with E-state index < -0.39 is 0 Å². The molecule has 1 saturated heterocycles. The molecule has 3 nitrogen and oxygen atoms in total. The Kier molecular flexibility index (Phi) is 5.04. The lowest BCUT2D eigenvalue weighted by atomic mass is 9.95. The summed E-state index contributed by atoms with van der Waals surface area (Å²) in [4.78, 5) is 13.3. The highest BCUT2D eigenvalue weighted by molar-refractivity contribution is 5.73. The molecular formula is C18H28N2O. The fourth-order valence-corrected chi connectivity index (χ4v) is 3.25. The number of rotatable bonds is 3. The van der Waals surface area contributed by atoms with Crippen molar-refractivity contribution in [2.45, 2.75) is 59.5 Å². The van der Waals surface area contributed by atoms with Crippen LogP contribution in [0.4, 0.5) is 0 Å². The van der Waals surface area contributed by atoms with Crippen LogP contribution in [0.25, 0.3) is 0 Å². The summed E-state index contributed by atoms with van der Waals surface area (Å²) in [5.74, 6) is 0.200. The Morgan fingerprint density at radius 1 is 1.14 bits per heavy atom. The molecule has 0 aliphatic carbocycles. The zero-order valence-corrected chi connectivity index (χ0v) is 14.0. The molecule has 1 aliphatic rings. The second kappa shape index (κ2) is 6.61. The molecule has 1 fully saturated rings. The number of nitrogens with zero attached hydrogens (tertiary/aromatic N) is 1. The maximum Gasteiger partial charge on any atom is 0.219 e. The van der Waals surface area contributed by atoms with Gasteiger partial charge >= 0.3 is 0 Å². The molecule has 0 saturated carbocycles. The lowest BCUT2D eigenvalue weighted by Crippen LogP contribution is -2.44. The second-order valence-corrected chi connectivity index (χ2v) is 6.46. The van der Waals surface area contributed by atoms with Crippen molar-refractivity contribution in [2.75, 3.05) is 13.1 Å². The zero-order chi connectivity index (χ0) is 15.6. The molecule has 2 rings (SSSR count). The highest BCUT2D eigenvalue weighted by Gasteiger charge is 2.22. The van der Waals surface area contributed by atoms with Gasteiger partial charge in [0.25, 0.3) is 0 Å². The van der Waals surface area contributed by atoms with E-state index in [0.29, 0.717) is 12.1 Å². The maximum atomic E-state index is 11.4. The molecule has 3 heteroatoms. The normalized spacial score (nSPS) is 17.9. The highest BCUT2D eigenvalue weighted by atomic mass is 16.2. The number of hydrogen-bond acceptors (Lipinski definition) is 2. The van der Waals surface area contributed by atoms with Gasteiger partial charge in [-0.3, -0.25) is 4.79 Å². The predicted octanol–water partition coefficient (Wildman–Crippen LogP) is 3.27. The number of carbonyl (C=O) groups is 1. The summed E-state index contributed by atoms with van der Waals surface area (Å²) in [7, 11) is 0. The minimum atomic E-state index is 0.200. The molecule has 1 aliphatic heterocycles. The quantitative estimate of drug-likeness (QED) is 0.926. The molecule has 1 aromatic rings. The van der Waals surface area contributed by atoms with Gasteiger partial charge < -0.3 is 10.2 Å². The summed E-state index contributed by atoms with van der Waals surface area (Å²) in [6.07, 6.45) is 2.10. The first-order chi connectivity index (χ1) is 9.88. The molecule has 1 aromatic carbocycles. The monoisotopic (exact) mass is 288 g/mol.